The Labute approximate surface area is 115 Å². The Kier molecular flexibility index (Phi) is 4.21. The van der Waals surface area contributed by atoms with Crippen molar-refractivity contribution in [1.29, 1.82) is 5.26 Å². The smallest absolute Gasteiger partial charge is 0.238 e. The van der Waals surface area contributed by atoms with Gasteiger partial charge in [-0.3, -0.25) is 4.79 Å². The van der Waals surface area contributed by atoms with E-state index in [1.807, 2.05) is 24.3 Å². The molecule has 18 heavy (non-hydrogen) atoms. The third-order valence-corrected chi connectivity index (χ3v) is 3.41. The summed E-state index contributed by atoms with van der Waals surface area (Å²) in [4.78, 5) is 13.8. The van der Waals surface area contributed by atoms with Gasteiger partial charge >= 0.3 is 0 Å². The van der Waals surface area contributed by atoms with Crippen LogP contribution >= 0.6 is 15.9 Å². The summed E-state index contributed by atoms with van der Waals surface area (Å²) < 4.78 is 0.989. The summed E-state index contributed by atoms with van der Waals surface area (Å²) in [5, 5.41) is 11.3. The van der Waals surface area contributed by atoms with Crippen molar-refractivity contribution in [1.82, 2.24) is 0 Å². The van der Waals surface area contributed by atoms with Crippen LogP contribution in [0.5, 0.6) is 0 Å². The van der Waals surface area contributed by atoms with Gasteiger partial charge in [0, 0.05) is 17.6 Å². The number of amides is 1. The zero-order chi connectivity index (χ0) is 13.0. The molecular formula is C13H14BrN3O. The normalized spacial score (nSPS) is 14.3. The highest BCUT2D eigenvalue weighted by Gasteiger charge is 2.17. The monoisotopic (exact) mass is 307 g/mol. The van der Waals surface area contributed by atoms with Crippen LogP contribution < -0.4 is 10.2 Å². The topological polar surface area (TPSA) is 56.1 Å². The number of anilines is 2. The fourth-order valence-corrected chi connectivity index (χ4v) is 2.45. The number of hydrogen-bond acceptors (Lipinski definition) is 3. The first-order valence-electron chi connectivity index (χ1n) is 5.92. The zero-order valence-corrected chi connectivity index (χ0v) is 11.5. The first-order chi connectivity index (χ1) is 8.70. The predicted molar refractivity (Wildman–Crippen MR) is 74.4 cm³/mol. The molecule has 94 valence electrons. The second-order valence-corrected chi connectivity index (χ2v) is 5.15. The summed E-state index contributed by atoms with van der Waals surface area (Å²) in [5.74, 6) is -0.264. The Bertz CT molecular complexity index is 489. The summed E-state index contributed by atoms with van der Waals surface area (Å²) >= 11 is 3.45. The number of rotatable bonds is 3. The number of hydrogen-bond donors (Lipinski definition) is 1. The van der Waals surface area contributed by atoms with Crippen LogP contribution in [0.2, 0.25) is 0 Å². The number of carbonyl (C=O) groups is 1. The molecule has 0 saturated carbocycles. The van der Waals surface area contributed by atoms with Crippen LogP contribution in [0.1, 0.15) is 19.3 Å². The molecule has 0 spiro atoms. The van der Waals surface area contributed by atoms with Crippen LogP contribution in [0.4, 0.5) is 11.4 Å². The number of halogens is 1. The molecule has 0 bridgehead atoms. The SMILES string of the molecule is N#CCC(=O)Nc1ccc(Br)cc1N1CCCC1. The summed E-state index contributed by atoms with van der Waals surface area (Å²) in [7, 11) is 0. The zero-order valence-electron chi connectivity index (χ0n) is 9.95. The molecule has 4 nitrogen and oxygen atoms in total. The first-order valence-corrected chi connectivity index (χ1v) is 6.71. The van der Waals surface area contributed by atoms with Crippen LogP contribution in [0, 0.1) is 11.3 Å². The van der Waals surface area contributed by atoms with E-state index in [9.17, 15) is 4.79 Å². The van der Waals surface area contributed by atoms with E-state index in [-0.39, 0.29) is 12.3 Å². The summed E-state index contributed by atoms with van der Waals surface area (Å²) in [6.07, 6.45) is 2.24. The fraction of sp³-hybridized carbons (Fsp3) is 0.385. The highest BCUT2D eigenvalue weighted by atomic mass is 79.9. The maximum atomic E-state index is 11.5. The Morgan fingerprint density at radius 3 is 2.83 bits per heavy atom. The van der Waals surface area contributed by atoms with E-state index < -0.39 is 0 Å². The van der Waals surface area contributed by atoms with Gasteiger partial charge in [0.25, 0.3) is 0 Å². The van der Waals surface area contributed by atoms with Crippen molar-refractivity contribution in [2.45, 2.75) is 19.3 Å². The van der Waals surface area contributed by atoms with Gasteiger partial charge < -0.3 is 10.2 Å². The number of nitriles is 1. The van der Waals surface area contributed by atoms with Gasteiger partial charge in [0.2, 0.25) is 5.91 Å². The minimum Gasteiger partial charge on any atom is -0.370 e. The number of nitrogens with zero attached hydrogens (tertiary/aromatic N) is 2. The van der Waals surface area contributed by atoms with E-state index in [2.05, 4.69) is 26.1 Å². The maximum Gasteiger partial charge on any atom is 0.238 e. The van der Waals surface area contributed by atoms with Gasteiger partial charge in [-0.25, -0.2) is 0 Å². The van der Waals surface area contributed by atoms with Gasteiger partial charge in [-0.1, -0.05) is 15.9 Å². The molecule has 1 heterocycles. The summed E-state index contributed by atoms with van der Waals surface area (Å²) in [6, 6.07) is 7.62. The van der Waals surface area contributed by atoms with E-state index in [0.717, 1.165) is 28.9 Å². The maximum absolute atomic E-state index is 11.5. The minimum atomic E-state index is -0.264. The Morgan fingerprint density at radius 2 is 2.17 bits per heavy atom. The molecule has 1 aliphatic rings. The average molecular weight is 308 g/mol. The van der Waals surface area contributed by atoms with Crippen molar-refractivity contribution in [3.05, 3.63) is 22.7 Å². The van der Waals surface area contributed by atoms with Gasteiger partial charge in [0.05, 0.1) is 17.4 Å². The molecule has 0 aromatic heterocycles. The van der Waals surface area contributed by atoms with Crippen LogP contribution in [-0.2, 0) is 4.79 Å². The van der Waals surface area contributed by atoms with E-state index in [1.165, 1.54) is 12.8 Å². The third kappa shape index (κ3) is 3.02. The van der Waals surface area contributed by atoms with Crippen molar-refractivity contribution in [3.63, 3.8) is 0 Å². The van der Waals surface area contributed by atoms with Crippen LogP contribution in [-0.4, -0.2) is 19.0 Å². The molecule has 0 unspecified atom stereocenters. The molecule has 1 N–H and O–H groups in total. The van der Waals surface area contributed by atoms with Crippen LogP contribution in [0.3, 0.4) is 0 Å². The fourth-order valence-electron chi connectivity index (χ4n) is 2.10. The lowest BCUT2D eigenvalue weighted by molar-refractivity contribution is -0.115. The van der Waals surface area contributed by atoms with E-state index >= 15 is 0 Å². The van der Waals surface area contributed by atoms with Gasteiger partial charge in [-0.05, 0) is 31.0 Å². The lowest BCUT2D eigenvalue weighted by atomic mass is 10.2. The second kappa shape index (κ2) is 5.87. The van der Waals surface area contributed by atoms with Crippen molar-refractivity contribution >= 4 is 33.2 Å². The van der Waals surface area contributed by atoms with Gasteiger partial charge in [0.15, 0.2) is 0 Å². The third-order valence-electron chi connectivity index (χ3n) is 2.92. The quantitative estimate of drug-likeness (QED) is 0.934. The highest BCUT2D eigenvalue weighted by Crippen LogP contribution is 2.31. The Morgan fingerprint density at radius 1 is 1.44 bits per heavy atom. The minimum absolute atomic E-state index is 0.116. The Hall–Kier alpha value is -1.54. The van der Waals surface area contributed by atoms with Crippen molar-refractivity contribution < 1.29 is 4.79 Å². The predicted octanol–water partition coefficient (Wildman–Crippen LogP) is 2.90. The summed E-state index contributed by atoms with van der Waals surface area (Å²) in [6.45, 7) is 2.02. The molecule has 0 aliphatic carbocycles. The van der Waals surface area contributed by atoms with E-state index in [1.54, 1.807) is 0 Å². The first kappa shape index (κ1) is 12.9. The average Bonchev–Trinajstić information content (AvgIpc) is 2.85. The second-order valence-electron chi connectivity index (χ2n) is 4.24. The molecule has 1 aliphatic heterocycles. The number of benzene rings is 1. The molecule has 1 fully saturated rings. The largest absolute Gasteiger partial charge is 0.370 e. The Balaban J connectivity index is 2.23. The lowest BCUT2D eigenvalue weighted by Gasteiger charge is -2.21. The number of carbonyl (C=O) groups excluding carboxylic acids is 1. The molecule has 2 rings (SSSR count). The molecule has 1 saturated heterocycles. The van der Waals surface area contributed by atoms with Gasteiger partial charge in [0.1, 0.15) is 6.42 Å². The summed E-state index contributed by atoms with van der Waals surface area (Å²) in [5.41, 5.74) is 1.80. The van der Waals surface area contributed by atoms with E-state index in [4.69, 9.17) is 5.26 Å². The molecule has 5 heteroatoms. The van der Waals surface area contributed by atoms with Crippen LogP contribution in [0.25, 0.3) is 0 Å². The highest BCUT2D eigenvalue weighted by molar-refractivity contribution is 9.10. The molecule has 0 radical (unpaired) electrons. The van der Waals surface area contributed by atoms with E-state index in [0.29, 0.717) is 0 Å². The number of nitrogens with one attached hydrogen (secondary N) is 1. The molecule has 1 amide bonds. The molecular weight excluding hydrogens is 294 g/mol. The van der Waals surface area contributed by atoms with Crippen LogP contribution in [0.15, 0.2) is 22.7 Å². The van der Waals surface area contributed by atoms with Crippen molar-refractivity contribution in [3.8, 4) is 6.07 Å². The van der Waals surface area contributed by atoms with Crippen molar-refractivity contribution in [2.75, 3.05) is 23.3 Å². The van der Waals surface area contributed by atoms with Gasteiger partial charge in [-0.2, -0.15) is 5.26 Å². The molecule has 1 aromatic rings. The van der Waals surface area contributed by atoms with Gasteiger partial charge in [-0.15, -0.1) is 0 Å². The molecule has 0 atom stereocenters. The standard InChI is InChI=1S/C13H14BrN3O/c14-10-3-4-11(16-13(18)5-6-15)12(9-10)17-7-1-2-8-17/h3-4,9H,1-2,5,7-8H2,(H,16,18). The lowest BCUT2D eigenvalue weighted by Crippen LogP contribution is -2.21. The van der Waals surface area contributed by atoms with Crippen molar-refractivity contribution in [2.24, 2.45) is 0 Å². The molecule has 1 aromatic carbocycles.